The maximum absolute atomic E-state index is 12.3. The van der Waals surface area contributed by atoms with Gasteiger partial charge >= 0.3 is 0 Å². The number of aryl methyl sites for hydroxylation is 1. The van der Waals surface area contributed by atoms with Gasteiger partial charge in [-0.1, -0.05) is 39.7 Å². The minimum absolute atomic E-state index is 0.152. The molecule has 2 nitrogen and oxygen atoms in total. The number of hydrogen-bond donors (Lipinski definition) is 1. The molecule has 19 heavy (non-hydrogen) atoms. The maximum atomic E-state index is 12.3. The van der Waals surface area contributed by atoms with Gasteiger partial charge in [0.2, 0.25) is 0 Å². The fraction of sp³-hybridized carbons (Fsp3) is 0.133. The Hall–Kier alpha value is -1.32. The van der Waals surface area contributed by atoms with E-state index in [4.69, 9.17) is 11.6 Å². The molecule has 0 unspecified atom stereocenters. The highest BCUT2D eigenvalue weighted by Gasteiger charge is 2.12. The van der Waals surface area contributed by atoms with Crippen molar-refractivity contribution in [1.29, 1.82) is 0 Å². The zero-order valence-corrected chi connectivity index (χ0v) is 13.0. The molecule has 0 radical (unpaired) electrons. The molecule has 0 heterocycles. The largest absolute Gasteiger partial charge is 0.321 e. The molecule has 0 aliphatic rings. The smallest absolute Gasteiger partial charge is 0.255 e. The molecule has 0 saturated carbocycles. The topological polar surface area (TPSA) is 29.1 Å². The predicted molar refractivity (Wildman–Crippen MR) is 83.0 cm³/mol. The van der Waals surface area contributed by atoms with Crippen molar-refractivity contribution in [2.45, 2.75) is 13.8 Å². The lowest BCUT2D eigenvalue weighted by Crippen LogP contribution is -2.14. The summed E-state index contributed by atoms with van der Waals surface area (Å²) in [4.78, 5) is 12.3. The van der Waals surface area contributed by atoms with E-state index in [1.165, 1.54) is 0 Å². The molecule has 0 saturated heterocycles. The monoisotopic (exact) mass is 337 g/mol. The SMILES string of the molecule is Cc1cccc(C(=O)Nc2cc(Br)ccc2Cl)c1C. The molecule has 0 aliphatic heterocycles. The fourth-order valence-corrected chi connectivity index (χ4v) is 2.31. The predicted octanol–water partition coefficient (Wildman–Crippen LogP) is 4.97. The van der Waals surface area contributed by atoms with Crippen LogP contribution in [0.15, 0.2) is 40.9 Å². The normalized spacial score (nSPS) is 10.3. The van der Waals surface area contributed by atoms with Crippen LogP contribution in [0.3, 0.4) is 0 Å². The molecule has 4 heteroatoms. The molecule has 2 rings (SSSR count). The molecule has 1 amide bonds. The first-order valence-electron chi connectivity index (χ1n) is 5.81. The van der Waals surface area contributed by atoms with Gasteiger partial charge in [0.05, 0.1) is 10.7 Å². The molecule has 1 N–H and O–H groups in total. The van der Waals surface area contributed by atoms with Crippen LogP contribution in [0, 0.1) is 13.8 Å². The van der Waals surface area contributed by atoms with Gasteiger partial charge in [-0.25, -0.2) is 0 Å². The van der Waals surface area contributed by atoms with Crippen molar-refractivity contribution in [1.82, 2.24) is 0 Å². The van der Waals surface area contributed by atoms with Crippen molar-refractivity contribution in [3.05, 3.63) is 62.6 Å². The van der Waals surface area contributed by atoms with Crippen LogP contribution in [0.2, 0.25) is 5.02 Å². The minimum Gasteiger partial charge on any atom is -0.321 e. The van der Waals surface area contributed by atoms with Gasteiger partial charge in [0, 0.05) is 10.0 Å². The van der Waals surface area contributed by atoms with Crippen molar-refractivity contribution in [2.75, 3.05) is 5.32 Å². The van der Waals surface area contributed by atoms with Gasteiger partial charge in [0.15, 0.2) is 0 Å². The molecule has 2 aromatic rings. The lowest BCUT2D eigenvalue weighted by Gasteiger charge is -2.11. The number of carbonyl (C=O) groups is 1. The summed E-state index contributed by atoms with van der Waals surface area (Å²) in [7, 11) is 0. The highest BCUT2D eigenvalue weighted by molar-refractivity contribution is 9.10. The van der Waals surface area contributed by atoms with E-state index in [0.29, 0.717) is 16.3 Å². The second kappa shape index (κ2) is 5.76. The van der Waals surface area contributed by atoms with E-state index in [0.717, 1.165) is 15.6 Å². The Kier molecular flexibility index (Phi) is 4.27. The summed E-state index contributed by atoms with van der Waals surface area (Å²) in [5, 5.41) is 3.35. The van der Waals surface area contributed by atoms with E-state index in [9.17, 15) is 4.79 Å². The van der Waals surface area contributed by atoms with Gasteiger partial charge in [-0.15, -0.1) is 0 Å². The average Bonchev–Trinajstić information content (AvgIpc) is 2.37. The second-order valence-electron chi connectivity index (χ2n) is 4.33. The van der Waals surface area contributed by atoms with Crippen molar-refractivity contribution < 1.29 is 4.79 Å². The molecule has 0 fully saturated rings. The van der Waals surface area contributed by atoms with E-state index >= 15 is 0 Å². The highest BCUT2D eigenvalue weighted by Crippen LogP contribution is 2.26. The summed E-state index contributed by atoms with van der Waals surface area (Å²) in [6.45, 7) is 3.92. The quantitative estimate of drug-likeness (QED) is 0.823. The van der Waals surface area contributed by atoms with Crippen LogP contribution in [0.1, 0.15) is 21.5 Å². The number of rotatable bonds is 2. The number of hydrogen-bond acceptors (Lipinski definition) is 1. The van der Waals surface area contributed by atoms with Crippen molar-refractivity contribution in [3.8, 4) is 0 Å². The van der Waals surface area contributed by atoms with Crippen LogP contribution in [0.4, 0.5) is 5.69 Å². The summed E-state index contributed by atoms with van der Waals surface area (Å²) in [6, 6.07) is 11.0. The molecule has 2 aromatic carbocycles. The molecule has 0 aliphatic carbocycles. The Labute approximate surface area is 125 Å². The third kappa shape index (κ3) is 3.17. The van der Waals surface area contributed by atoms with E-state index in [-0.39, 0.29) is 5.91 Å². The van der Waals surface area contributed by atoms with E-state index in [1.807, 2.05) is 38.1 Å². The third-order valence-electron chi connectivity index (χ3n) is 3.03. The lowest BCUT2D eigenvalue weighted by atomic mass is 10.0. The van der Waals surface area contributed by atoms with Crippen LogP contribution in [0.25, 0.3) is 0 Å². The Bertz CT molecular complexity index is 640. The van der Waals surface area contributed by atoms with E-state index < -0.39 is 0 Å². The Morgan fingerprint density at radius 3 is 2.68 bits per heavy atom. The van der Waals surface area contributed by atoms with Gasteiger partial charge < -0.3 is 5.32 Å². The van der Waals surface area contributed by atoms with Gasteiger partial charge in [-0.3, -0.25) is 4.79 Å². The Balaban J connectivity index is 2.31. The minimum atomic E-state index is -0.152. The number of benzene rings is 2. The van der Waals surface area contributed by atoms with E-state index in [1.54, 1.807) is 12.1 Å². The first kappa shape index (κ1) is 14.1. The first-order chi connectivity index (χ1) is 8.99. The summed E-state index contributed by atoms with van der Waals surface area (Å²) in [6.07, 6.45) is 0. The fourth-order valence-electron chi connectivity index (χ4n) is 1.78. The van der Waals surface area contributed by atoms with Crippen molar-refractivity contribution in [3.63, 3.8) is 0 Å². The van der Waals surface area contributed by atoms with Crippen LogP contribution < -0.4 is 5.32 Å². The van der Waals surface area contributed by atoms with Gasteiger partial charge in [0.1, 0.15) is 0 Å². The summed E-state index contributed by atoms with van der Waals surface area (Å²) >= 11 is 9.42. The van der Waals surface area contributed by atoms with E-state index in [2.05, 4.69) is 21.2 Å². The van der Waals surface area contributed by atoms with Gasteiger partial charge in [0.25, 0.3) is 5.91 Å². The zero-order chi connectivity index (χ0) is 14.0. The van der Waals surface area contributed by atoms with Crippen LogP contribution in [0.5, 0.6) is 0 Å². The molecule has 0 spiro atoms. The number of nitrogens with one attached hydrogen (secondary N) is 1. The first-order valence-corrected chi connectivity index (χ1v) is 6.99. The van der Waals surface area contributed by atoms with Crippen molar-refractivity contribution >= 4 is 39.1 Å². The van der Waals surface area contributed by atoms with Gasteiger partial charge in [-0.2, -0.15) is 0 Å². The lowest BCUT2D eigenvalue weighted by molar-refractivity contribution is 0.102. The van der Waals surface area contributed by atoms with Crippen molar-refractivity contribution in [2.24, 2.45) is 0 Å². The summed E-state index contributed by atoms with van der Waals surface area (Å²) in [5.41, 5.74) is 3.33. The molecule has 0 atom stereocenters. The number of carbonyl (C=O) groups excluding carboxylic acids is 1. The second-order valence-corrected chi connectivity index (χ2v) is 5.65. The molecule has 0 bridgehead atoms. The third-order valence-corrected chi connectivity index (χ3v) is 3.85. The number of amides is 1. The number of anilines is 1. The molecule has 0 aromatic heterocycles. The maximum Gasteiger partial charge on any atom is 0.255 e. The standard InChI is InChI=1S/C15H13BrClNO/c1-9-4-3-5-12(10(9)2)15(19)18-14-8-11(16)6-7-13(14)17/h3-8H,1-2H3,(H,18,19). The molecule has 98 valence electrons. The molecular formula is C15H13BrClNO. The number of halogens is 2. The average molecular weight is 339 g/mol. The summed E-state index contributed by atoms with van der Waals surface area (Å²) < 4.78 is 0.869. The zero-order valence-electron chi connectivity index (χ0n) is 10.6. The Morgan fingerprint density at radius 1 is 1.21 bits per heavy atom. The highest BCUT2D eigenvalue weighted by atomic mass is 79.9. The van der Waals surface area contributed by atoms with Crippen LogP contribution in [-0.4, -0.2) is 5.91 Å². The summed E-state index contributed by atoms with van der Waals surface area (Å²) in [5.74, 6) is -0.152. The molecular weight excluding hydrogens is 326 g/mol. The van der Waals surface area contributed by atoms with Gasteiger partial charge in [-0.05, 0) is 49.2 Å². The van der Waals surface area contributed by atoms with Crippen LogP contribution >= 0.6 is 27.5 Å². The Morgan fingerprint density at radius 2 is 1.95 bits per heavy atom. The van der Waals surface area contributed by atoms with Crippen LogP contribution in [-0.2, 0) is 0 Å².